The second-order valence-electron chi connectivity index (χ2n) is 8.44. The summed E-state index contributed by atoms with van der Waals surface area (Å²) in [4.78, 5) is 15.8. The van der Waals surface area contributed by atoms with E-state index in [9.17, 15) is 4.79 Å². The molecule has 0 spiro atoms. The summed E-state index contributed by atoms with van der Waals surface area (Å²) in [6.45, 7) is 7.30. The Labute approximate surface area is 179 Å². The Hall–Kier alpha value is -2.37. The van der Waals surface area contributed by atoms with Crippen molar-refractivity contribution >= 4 is 11.6 Å². The van der Waals surface area contributed by atoms with Gasteiger partial charge in [-0.15, -0.1) is 0 Å². The van der Waals surface area contributed by atoms with Crippen LogP contribution in [0, 0.1) is 6.92 Å². The molecule has 1 amide bonds. The van der Waals surface area contributed by atoms with Crippen molar-refractivity contribution < 1.29 is 14.3 Å². The zero-order valence-electron chi connectivity index (χ0n) is 17.9. The molecule has 2 aromatic carbocycles. The molecule has 4 rings (SSSR count). The normalized spacial score (nSPS) is 18.8. The Morgan fingerprint density at radius 2 is 1.70 bits per heavy atom. The van der Waals surface area contributed by atoms with Gasteiger partial charge in [-0.2, -0.15) is 0 Å². The molecular formula is C25H32N2O3. The SMILES string of the molecule is Cc1ccc(C2(C(=O)Nc3ccc(OCCN4CCCC4)cc3)CCOCC2)cc1. The summed E-state index contributed by atoms with van der Waals surface area (Å²) < 4.78 is 11.4. The summed E-state index contributed by atoms with van der Waals surface area (Å²) in [5.41, 5.74) is 2.51. The first-order valence-corrected chi connectivity index (χ1v) is 11.1. The van der Waals surface area contributed by atoms with Gasteiger partial charge in [-0.05, 0) is 75.5 Å². The predicted molar refractivity (Wildman–Crippen MR) is 119 cm³/mol. The zero-order valence-corrected chi connectivity index (χ0v) is 17.9. The van der Waals surface area contributed by atoms with Gasteiger partial charge >= 0.3 is 0 Å². The van der Waals surface area contributed by atoms with E-state index in [1.165, 1.54) is 31.5 Å². The lowest BCUT2D eigenvalue weighted by Crippen LogP contribution is -2.44. The summed E-state index contributed by atoms with van der Waals surface area (Å²) >= 11 is 0. The summed E-state index contributed by atoms with van der Waals surface area (Å²) in [5.74, 6) is 0.879. The number of amides is 1. The molecule has 0 saturated carbocycles. The number of rotatable bonds is 7. The molecule has 160 valence electrons. The van der Waals surface area contributed by atoms with Crippen LogP contribution >= 0.6 is 0 Å². The Morgan fingerprint density at radius 1 is 1.03 bits per heavy atom. The van der Waals surface area contributed by atoms with E-state index >= 15 is 0 Å². The van der Waals surface area contributed by atoms with Gasteiger partial charge in [0.15, 0.2) is 0 Å². The number of anilines is 1. The minimum atomic E-state index is -0.545. The first kappa shape index (κ1) is 20.9. The monoisotopic (exact) mass is 408 g/mol. The van der Waals surface area contributed by atoms with Crippen molar-refractivity contribution in [2.45, 2.75) is 38.0 Å². The lowest BCUT2D eigenvalue weighted by Gasteiger charge is -2.36. The maximum atomic E-state index is 13.4. The van der Waals surface area contributed by atoms with Crippen LogP contribution in [0.1, 0.15) is 36.8 Å². The third-order valence-corrected chi connectivity index (χ3v) is 6.37. The van der Waals surface area contributed by atoms with E-state index in [2.05, 4.69) is 41.4 Å². The third-order valence-electron chi connectivity index (χ3n) is 6.37. The number of nitrogens with one attached hydrogen (secondary N) is 1. The molecule has 30 heavy (non-hydrogen) atoms. The van der Waals surface area contributed by atoms with Crippen LogP contribution in [0.2, 0.25) is 0 Å². The van der Waals surface area contributed by atoms with Crippen LogP contribution in [0.25, 0.3) is 0 Å². The highest BCUT2D eigenvalue weighted by atomic mass is 16.5. The van der Waals surface area contributed by atoms with Gasteiger partial charge in [0.25, 0.3) is 0 Å². The first-order chi connectivity index (χ1) is 14.7. The molecule has 2 aliphatic rings. The summed E-state index contributed by atoms with van der Waals surface area (Å²) in [7, 11) is 0. The van der Waals surface area contributed by atoms with E-state index in [4.69, 9.17) is 9.47 Å². The van der Waals surface area contributed by atoms with Crippen molar-refractivity contribution in [3.05, 3.63) is 59.7 Å². The number of carbonyl (C=O) groups is 1. The Kier molecular flexibility index (Phi) is 6.70. The van der Waals surface area contributed by atoms with Crippen molar-refractivity contribution in [2.75, 3.05) is 44.8 Å². The van der Waals surface area contributed by atoms with Gasteiger partial charge in [0, 0.05) is 25.4 Å². The van der Waals surface area contributed by atoms with Crippen LogP contribution in [0.4, 0.5) is 5.69 Å². The molecule has 0 atom stereocenters. The number of hydrogen-bond donors (Lipinski definition) is 1. The quantitative estimate of drug-likeness (QED) is 0.748. The van der Waals surface area contributed by atoms with Gasteiger partial charge in [-0.3, -0.25) is 9.69 Å². The predicted octanol–water partition coefficient (Wildman–Crippen LogP) is 4.16. The second-order valence-corrected chi connectivity index (χ2v) is 8.44. The van der Waals surface area contributed by atoms with Crippen LogP contribution in [-0.4, -0.2) is 50.3 Å². The van der Waals surface area contributed by atoms with Crippen LogP contribution in [0.15, 0.2) is 48.5 Å². The fourth-order valence-corrected chi connectivity index (χ4v) is 4.42. The van der Waals surface area contributed by atoms with Crippen molar-refractivity contribution in [2.24, 2.45) is 0 Å². The lowest BCUT2D eigenvalue weighted by atomic mass is 9.73. The van der Waals surface area contributed by atoms with Crippen molar-refractivity contribution in [1.82, 2.24) is 4.90 Å². The third kappa shape index (κ3) is 4.85. The molecule has 2 heterocycles. The zero-order chi connectivity index (χ0) is 20.8. The second kappa shape index (κ2) is 9.63. The fourth-order valence-electron chi connectivity index (χ4n) is 4.42. The molecule has 0 aromatic heterocycles. The van der Waals surface area contributed by atoms with E-state index in [-0.39, 0.29) is 5.91 Å². The molecule has 2 aliphatic heterocycles. The summed E-state index contributed by atoms with van der Waals surface area (Å²) in [5, 5.41) is 3.14. The Bertz CT molecular complexity index is 820. The Balaban J connectivity index is 1.39. The van der Waals surface area contributed by atoms with Crippen LogP contribution < -0.4 is 10.1 Å². The van der Waals surface area contributed by atoms with Gasteiger partial charge in [0.05, 0.1) is 5.41 Å². The van der Waals surface area contributed by atoms with E-state index < -0.39 is 5.41 Å². The molecule has 1 N–H and O–H groups in total. The molecule has 0 unspecified atom stereocenters. The number of benzene rings is 2. The number of hydrogen-bond acceptors (Lipinski definition) is 4. The number of likely N-dealkylation sites (tertiary alicyclic amines) is 1. The van der Waals surface area contributed by atoms with Crippen molar-refractivity contribution in [1.29, 1.82) is 0 Å². The summed E-state index contributed by atoms with van der Waals surface area (Å²) in [6, 6.07) is 16.0. The molecule has 0 bridgehead atoms. The van der Waals surface area contributed by atoms with E-state index in [0.717, 1.165) is 23.5 Å². The number of ether oxygens (including phenoxy) is 2. The molecule has 5 heteroatoms. The fraction of sp³-hybridized carbons (Fsp3) is 0.480. The van der Waals surface area contributed by atoms with Gasteiger partial charge in [0.2, 0.25) is 5.91 Å². The van der Waals surface area contributed by atoms with Crippen molar-refractivity contribution in [3.63, 3.8) is 0 Å². The summed E-state index contributed by atoms with van der Waals surface area (Å²) in [6.07, 6.45) is 3.98. The maximum absolute atomic E-state index is 13.4. The van der Waals surface area contributed by atoms with Crippen molar-refractivity contribution in [3.8, 4) is 5.75 Å². The minimum absolute atomic E-state index is 0.0392. The smallest absolute Gasteiger partial charge is 0.235 e. The average Bonchev–Trinajstić information content (AvgIpc) is 3.29. The molecular weight excluding hydrogens is 376 g/mol. The molecule has 0 aliphatic carbocycles. The topological polar surface area (TPSA) is 50.8 Å². The molecule has 2 aromatic rings. The average molecular weight is 409 g/mol. The van der Waals surface area contributed by atoms with Gasteiger partial charge in [-0.1, -0.05) is 29.8 Å². The van der Waals surface area contributed by atoms with Gasteiger partial charge in [0.1, 0.15) is 12.4 Å². The largest absolute Gasteiger partial charge is 0.492 e. The minimum Gasteiger partial charge on any atom is -0.492 e. The van der Waals surface area contributed by atoms with Crippen LogP contribution in [0.3, 0.4) is 0 Å². The van der Waals surface area contributed by atoms with E-state index in [1.54, 1.807) is 0 Å². The van der Waals surface area contributed by atoms with Gasteiger partial charge in [-0.25, -0.2) is 0 Å². The maximum Gasteiger partial charge on any atom is 0.235 e. The standard InChI is InChI=1S/C25H32N2O3/c1-20-4-6-21(7-5-20)25(12-17-29-18-13-25)24(28)26-22-8-10-23(11-9-22)30-19-16-27-14-2-3-15-27/h4-11H,2-3,12-19H2,1H3,(H,26,28). The number of nitrogens with zero attached hydrogens (tertiary/aromatic N) is 1. The van der Waals surface area contributed by atoms with Crippen LogP contribution in [-0.2, 0) is 14.9 Å². The molecule has 2 fully saturated rings. The van der Waals surface area contributed by atoms with Gasteiger partial charge < -0.3 is 14.8 Å². The molecule has 0 radical (unpaired) electrons. The molecule has 2 saturated heterocycles. The highest BCUT2D eigenvalue weighted by molar-refractivity contribution is 5.99. The van der Waals surface area contributed by atoms with Crippen LogP contribution in [0.5, 0.6) is 5.75 Å². The molecule has 5 nitrogen and oxygen atoms in total. The number of carbonyl (C=O) groups excluding carboxylic acids is 1. The lowest BCUT2D eigenvalue weighted by molar-refractivity contribution is -0.125. The first-order valence-electron chi connectivity index (χ1n) is 11.1. The van der Waals surface area contributed by atoms with E-state index in [0.29, 0.717) is 32.7 Å². The highest BCUT2D eigenvalue weighted by Crippen LogP contribution is 2.36. The van der Waals surface area contributed by atoms with E-state index in [1.807, 2.05) is 24.3 Å². The number of aryl methyl sites for hydroxylation is 1. The highest BCUT2D eigenvalue weighted by Gasteiger charge is 2.41. The Morgan fingerprint density at radius 3 is 2.37 bits per heavy atom.